The standard InChI is InChI=1S/C21H23NO2/c1-24-16-3-2-6-21(23)14-13-19-9-7-18(8-10-19)11-12-20-5-4-15-22-17-20/h4-5,7-15,17H,2-3,6,16H2,1H3/b12-11+,14-13+. The van der Waals surface area contributed by atoms with Crippen molar-refractivity contribution in [3.63, 3.8) is 0 Å². The summed E-state index contributed by atoms with van der Waals surface area (Å²) in [5, 5.41) is 0. The van der Waals surface area contributed by atoms with Crippen LogP contribution in [-0.2, 0) is 9.53 Å². The predicted octanol–water partition coefficient (Wildman–Crippen LogP) is 4.65. The number of methoxy groups -OCH3 is 1. The Kier molecular flexibility index (Phi) is 7.64. The Morgan fingerprint density at radius 1 is 1.00 bits per heavy atom. The van der Waals surface area contributed by atoms with Crippen molar-refractivity contribution in [1.29, 1.82) is 0 Å². The number of nitrogens with zero attached hydrogens (tertiary/aromatic N) is 1. The van der Waals surface area contributed by atoms with Crippen LogP contribution in [0.4, 0.5) is 0 Å². The van der Waals surface area contributed by atoms with Crippen molar-refractivity contribution >= 4 is 24.0 Å². The van der Waals surface area contributed by atoms with Crippen LogP contribution in [0.2, 0.25) is 0 Å². The molecule has 1 aromatic heterocycles. The van der Waals surface area contributed by atoms with E-state index in [-0.39, 0.29) is 5.78 Å². The molecule has 0 bridgehead atoms. The summed E-state index contributed by atoms with van der Waals surface area (Å²) >= 11 is 0. The lowest BCUT2D eigenvalue weighted by molar-refractivity contribution is -0.114. The van der Waals surface area contributed by atoms with E-state index in [1.165, 1.54) is 0 Å². The lowest BCUT2D eigenvalue weighted by Gasteiger charge is -1.98. The number of benzene rings is 1. The number of hydrogen-bond donors (Lipinski definition) is 0. The number of rotatable bonds is 9. The normalized spacial score (nSPS) is 11.4. The number of ether oxygens (including phenoxy) is 1. The molecule has 124 valence electrons. The molecule has 0 atom stereocenters. The van der Waals surface area contributed by atoms with E-state index in [1.807, 2.05) is 60.8 Å². The zero-order valence-electron chi connectivity index (χ0n) is 14.0. The number of aromatic nitrogens is 1. The molecule has 2 aromatic rings. The molecule has 0 N–H and O–H groups in total. The van der Waals surface area contributed by atoms with Crippen LogP contribution in [0, 0.1) is 0 Å². The summed E-state index contributed by atoms with van der Waals surface area (Å²) in [7, 11) is 1.68. The lowest BCUT2D eigenvalue weighted by atomic mass is 10.1. The molecule has 0 amide bonds. The van der Waals surface area contributed by atoms with Crippen molar-refractivity contribution < 1.29 is 9.53 Å². The molecule has 1 heterocycles. The zero-order chi connectivity index (χ0) is 17.0. The van der Waals surface area contributed by atoms with Gasteiger partial charge in [-0.05, 0) is 41.7 Å². The Hall–Kier alpha value is -2.52. The monoisotopic (exact) mass is 321 g/mol. The van der Waals surface area contributed by atoms with Crippen LogP contribution in [0.5, 0.6) is 0 Å². The number of allylic oxidation sites excluding steroid dienone is 1. The van der Waals surface area contributed by atoms with Crippen LogP contribution in [0.3, 0.4) is 0 Å². The highest BCUT2D eigenvalue weighted by Gasteiger charge is 1.97. The van der Waals surface area contributed by atoms with Gasteiger partial charge in [-0.3, -0.25) is 9.78 Å². The number of unbranched alkanes of at least 4 members (excludes halogenated alkanes) is 1. The largest absolute Gasteiger partial charge is 0.385 e. The molecule has 0 unspecified atom stereocenters. The average molecular weight is 321 g/mol. The van der Waals surface area contributed by atoms with Crippen LogP contribution >= 0.6 is 0 Å². The van der Waals surface area contributed by atoms with Crippen molar-refractivity contribution in [2.45, 2.75) is 19.3 Å². The lowest BCUT2D eigenvalue weighted by Crippen LogP contribution is -1.95. The second-order valence-corrected chi connectivity index (χ2v) is 5.54. The third-order valence-corrected chi connectivity index (χ3v) is 3.57. The van der Waals surface area contributed by atoms with Gasteiger partial charge in [-0.25, -0.2) is 0 Å². The molecular formula is C21H23NO2. The molecule has 0 aliphatic rings. The van der Waals surface area contributed by atoms with Gasteiger partial charge in [0.1, 0.15) is 0 Å². The van der Waals surface area contributed by atoms with E-state index in [9.17, 15) is 4.79 Å². The van der Waals surface area contributed by atoms with Gasteiger partial charge in [0.2, 0.25) is 0 Å². The highest BCUT2D eigenvalue weighted by Crippen LogP contribution is 2.10. The minimum atomic E-state index is 0.159. The summed E-state index contributed by atoms with van der Waals surface area (Å²) in [5.41, 5.74) is 3.21. The molecular weight excluding hydrogens is 298 g/mol. The zero-order valence-corrected chi connectivity index (χ0v) is 14.0. The second kappa shape index (κ2) is 10.3. The van der Waals surface area contributed by atoms with E-state index in [1.54, 1.807) is 19.4 Å². The summed E-state index contributed by atoms with van der Waals surface area (Å²) in [6, 6.07) is 12.0. The number of hydrogen-bond acceptors (Lipinski definition) is 3. The molecule has 0 aliphatic heterocycles. The fourth-order valence-corrected chi connectivity index (χ4v) is 2.20. The van der Waals surface area contributed by atoms with Gasteiger partial charge in [0.05, 0.1) is 0 Å². The molecule has 3 heteroatoms. The van der Waals surface area contributed by atoms with Gasteiger partial charge in [-0.15, -0.1) is 0 Å². The van der Waals surface area contributed by atoms with E-state index >= 15 is 0 Å². The summed E-state index contributed by atoms with van der Waals surface area (Å²) in [6.45, 7) is 0.713. The summed E-state index contributed by atoms with van der Waals surface area (Å²) in [6.07, 6.45) is 13.6. The van der Waals surface area contributed by atoms with Crippen molar-refractivity contribution in [2.75, 3.05) is 13.7 Å². The Balaban J connectivity index is 1.84. The first kappa shape index (κ1) is 17.8. The third kappa shape index (κ3) is 6.71. The number of carbonyl (C=O) groups excluding carboxylic acids is 1. The number of carbonyl (C=O) groups is 1. The smallest absolute Gasteiger partial charge is 0.155 e. The Labute approximate surface area is 143 Å². The van der Waals surface area contributed by atoms with E-state index in [0.29, 0.717) is 13.0 Å². The quantitative estimate of drug-likeness (QED) is 0.498. The molecule has 0 saturated carbocycles. The van der Waals surface area contributed by atoms with Gasteiger partial charge in [-0.1, -0.05) is 48.6 Å². The molecule has 1 aromatic carbocycles. The average Bonchev–Trinajstić information content (AvgIpc) is 2.63. The maximum Gasteiger partial charge on any atom is 0.155 e. The van der Waals surface area contributed by atoms with Crippen LogP contribution < -0.4 is 0 Å². The van der Waals surface area contributed by atoms with Gasteiger partial charge in [-0.2, -0.15) is 0 Å². The van der Waals surface area contributed by atoms with Crippen molar-refractivity contribution in [3.05, 3.63) is 71.6 Å². The van der Waals surface area contributed by atoms with E-state index < -0.39 is 0 Å². The van der Waals surface area contributed by atoms with Gasteiger partial charge in [0, 0.05) is 32.5 Å². The second-order valence-electron chi connectivity index (χ2n) is 5.54. The Morgan fingerprint density at radius 2 is 1.71 bits per heavy atom. The van der Waals surface area contributed by atoms with E-state index in [4.69, 9.17) is 4.74 Å². The first-order valence-corrected chi connectivity index (χ1v) is 8.16. The Bertz CT molecular complexity index is 673. The molecule has 0 aliphatic carbocycles. The van der Waals surface area contributed by atoms with Gasteiger partial charge >= 0.3 is 0 Å². The van der Waals surface area contributed by atoms with E-state index in [2.05, 4.69) is 4.98 Å². The van der Waals surface area contributed by atoms with Gasteiger partial charge in [0.25, 0.3) is 0 Å². The molecule has 24 heavy (non-hydrogen) atoms. The van der Waals surface area contributed by atoms with Crippen LogP contribution in [0.15, 0.2) is 54.9 Å². The summed E-state index contributed by atoms with van der Waals surface area (Å²) in [5.74, 6) is 0.159. The first-order valence-electron chi connectivity index (χ1n) is 8.16. The maximum atomic E-state index is 11.8. The molecule has 0 fully saturated rings. The van der Waals surface area contributed by atoms with Crippen molar-refractivity contribution in [3.8, 4) is 0 Å². The number of ketones is 1. The van der Waals surface area contributed by atoms with Crippen LogP contribution in [-0.4, -0.2) is 24.5 Å². The minimum Gasteiger partial charge on any atom is -0.385 e. The predicted molar refractivity (Wildman–Crippen MR) is 99.4 cm³/mol. The van der Waals surface area contributed by atoms with Gasteiger partial charge in [0.15, 0.2) is 5.78 Å². The SMILES string of the molecule is COCCCCC(=O)/C=C/c1ccc(/C=C/c2cccnc2)cc1. The molecule has 3 nitrogen and oxygen atoms in total. The Morgan fingerprint density at radius 3 is 2.38 bits per heavy atom. The molecule has 0 radical (unpaired) electrons. The topological polar surface area (TPSA) is 39.2 Å². The minimum absolute atomic E-state index is 0.159. The molecule has 2 rings (SSSR count). The van der Waals surface area contributed by atoms with Gasteiger partial charge < -0.3 is 4.74 Å². The fraction of sp³-hybridized carbons (Fsp3) is 0.238. The third-order valence-electron chi connectivity index (χ3n) is 3.57. The first-order chi connectivity index (χ1) is 11.8. The molecule has 0 spiro atoms. The van der Waals surface area contributed by atoms with Crippen molar-refractivity contribution in [2.24, 2.45) is 0 Å². The molecule has 0 saturated heterocycles. The highest BCUT2D eigenvalue weighted by atomic mass is 16.5. The fourth-order valence-electron chi connectivity index (χ4n) is 2.20. The van der Waals surface area contributed by atoms with Crippen LogP contribution in [0.1, 0.15) is 36.0 Å². The maximum absolute atomic E-state index is 11.8. The van der Waals surface area contributed by atoms with E-state index in [0.717, 1.165) is 29.5 Å². The van der Waals surface area contributed by atoms with Crippen LogP contribution in [0.25, 0.3) is 18.2 Å². The summed E-state index contributed by atoms with van der Waals surface area (Å²) in [4.78, 5) is 15.8. The summed E-state index contributed by atoms with van der Waals surface area (Å²) < 4.78 is 4.97. The van der Waals surface area contributed by atoms with Crippen molar-refractivity contribution in [1.82, 2.24) is 4.98 Å². The number of pyridine rings is 1. The highest BCUT2D eigenvalue weighted by molar-refractivity contribution is 5.93.